The van der Waals surface area contributed by atoms with Gasteiger partial charge in [-0.15, -0.1) is 0 Å². The van der Waals surface area contributed by atoms with Gasteiger partial charge >= 0.3 is 11.9 Å². The van der Waals surface area contributed by atoms with Crippen LogP contribution in [-0.2, 0) is 4.74 Å². The number of aliphatic hydroxyl groups is 3. The van der Waals surface area contributed by atoms with E-state index in [0.717, 1.165) is 12.3 Å². The summed E-state index contributed by atoms with van der Waals surface area (Å²) < 4.78 is 44.6. The van der Waals surface area contributed by atoms with Crippen LogP contribution in [0.15, 0.2) is 17.1 Å². The van der Waals surface area contributed by atoms with Crippen LogP contribution in [0.4, 0.5) is 13.2 Å². The molecule has 1 aromatic rings. The summed E-state index contributed by atoms with van der Waals surface area (Å²) in [5, 5.41) is 28.5. The molecule has 0 aromatic carbocycles. The standard InChI is InChI=1S/C10H11F3N2O5S/c11-10(12,13)9(19)6(17)4(3-16)20-7(9)15-2-1-5(21)14-8(15)18/h1-2,4,6-7,16-17,19H,3H2,(H,14,18,21)/t4-,6+,7-,9?/m1/s1. The van der Waals surface area contributed by atoms with Crippen molar-refractivity contribution in [3.63, 3.8) is 0 Å². The molecular weight excluding hydrogens is 317 g/mol. The number of rotatable bonds is 2. The molecule has 4 atom stereocenters. The van der Waals surface area contributed by atoms with Gasteiger partial charge < -0.3 is 20.1 Å². The molecule has 7 nitrogen and oxygen atoms in total. The highest BCUT2D eigenvalue weighted by Gasteiger charge is 2.70. The molecule has 1 aliphatic rings. The number of hydrogen-bond acceptors (Lipinski definition) is 6. The van der Waals surface area contributed by atoms with Crippen molar-refractivity contribution in [2.24, 2.45) is 0 Å². The van der Waals surface area contributed by atoms with Gasteiger partial charge in [0.1, 0.15) is 16.8 Å². The van der Waals surface area contributed by atoms with E-state index in [9.17, 15) is 28.2 Å². The number of aromatic nitrogens is 2. The number of nitrogens with zero attached hydrogens (tertiary/aromatic N) is 1. The van der Waals surface area contributed by atoms with Gasteiger partial charge in [-0.05, 0) is 6.07 Å². The van der Waals surface area contributed by atoms with Gasteiger partial charge in [0.15, 0.2) is 6.23 Å². The lowest BCUT2D eigenvalue weighted by atomic mass is 9.93. The number of ether oxygens (including phenoxy) is 1. The quantitative estimate of drug-likeness (QED) is 0.543. The van der Waals surface area contributed by atoms with E-state index in [2.05, 4.69) is 17.2 Å². The highest BCUT2D eigenvalue weighted by molar-refractivity contribution is 7.71. The van der Waals surface area contributed by atoms with E-state index in [1.807, 2.05) is 0 Å². The van der Waals surface area contributed by atoms with Gasteiger partial charge in [0.05, 0.1) is 6.61 Å². The van der Waals surface area contributed by atoms with E-state index in [4.69, 9.17) is 9.84 Å². The average molecular weight is 328 g/mol. The fourth-order valence-corrected chi connectivity index (χ4v) is 2.26. The second-order valence-corrected chi connectivity index (χ2v) is 4.93. The number of halogens is 3. The summed E-state index contributed by atoms with van der Waals surface area (Å²) in [5.41, 5.74) is -4.80. The predicted octanol–water partition coefficient (Wildman–Crippen LogP) is -0.550. The highest BCUT2D eigenvalue weighted by Crippen LogP contribution is 2.47. The first-order chi connectivity index (χ1) is 9.62. The number of nitrogens with one attached hydrogen (secondary N) is 1. The maximum absolute atomic E-state index is 13.1. The average Bonchev–Trinajstić information content (AvgIpc) is 2.63. The van der Waals surface area contributed by atoms with Crippen molar-refractivity contribution in [3.05, 3.63) is 27.4 Å². The van der Waals surface area contributed by atoms with Crippen LogP contribution >= 0.6 is 12.2 Å². The molecule has 0 radical (unpaired) electrons. The van der Waals surface area contributed by atoms with Gasteiger partial charge in [0, 0.05) is 6.20 Å². The van der Waals surface area contributed by atoms with Crippen LogP contribution in [0, 0.1) is 4.64 Å². The van der Waals surface area contributed by atoms with Gasteiger partial charge in [-0.25, -0.2) is 4.79 Å². The molecule has 0 saturated carbocycles. The molecule has 11 heteroatoms. The van der Waals surface area contributed by atoms with Crippen LogP contribution in [0.5, 0.6) is 0 Å². The molecule has 1 aromatic heterocycles. The van der Waals surface area contributed by atoms with Crippen molar-refractivity contribution in [1.82, 2.24) is 9.55 Å². The smallest absolute Gasteiger partial charge is 0.394 e. The summed E-state index contributed by atoms with van der Waals surface area (Å²) in [7, 11) is 0. The lowest BCUT2D eigenvalue weighted by Crippen LogP contribution is -2.58. The van der Waals surface area contributed by atoms with Crippen LogP contribution in [-0.4, -0.2) is 55.5 Å². The van der Waals surface area contributed by atoms with E-state index < -0.39 is 42.5 Å². The van der Waals surface area contributed by atoms with Crippen LogP contribution in [0.25, 0.3) is 0 Å². The lowest BCUT2D eigenvalue weighted by molar-refractivity contribution is -0.304. The third kappa shape index (κ3) is 2.40. The first-order valence-corrected chi connectivity index (χ1v) is 6.08. The van der Waals surface area contributed by atoms with Gasteiger partial charge in [0.2, 0.25) is 5.60 Å². The largest absolute Gasteiger partial charge is 0.424 e. The Morgan fingerprint density at radius 1 is 1.52 bits per heavy atom. The number of hydrogen-bond donors (Lipinski definition) is 4. The van der Waals surface area contributed by atoms with E-state index in [-0.39, 0.29) is 4.64 Å². The molecule has 118 valence electrons. The Kier molecular flexibility index (Phi) is 3.97. The molecule has 21 heavy (non-hydrogen) atoms. The summed E-state index contributed by atoms with van der Waals surface area (Å²) >= 11 is 4.65. The third-order valence-corrected chi connectivity index (χ3v) is 3.46. The minimum atomic E-state index is -5.30. The minimum absolute atomic E-state index is 0.0240. The van der Waals surface area contributed by atoms with Crippen molar-refractivity contribution in [2.75, 3.05) is 6.61 Å². The fraction of sp³-hybridized carbons (Fsp3) is 0.600. The summed E-state index contributed by atoms with van der Waals surface area (Å²) in [4.78, 5) is 13.8. The number of aliphatic hydroxyl groups excluding tert-OH is 2. The first-order valence-electron chi connectivity index (χ1n) is 5.68. The zero-order chi connectivity index (χ0) is 16.0. The molecule has 0 spiro atoms. The molecule has 0 aliphatic carbocycles. The van der Waals surface area contributed by atoms with Crippen molar-refractivity contribution in [1.29, 1.82) is 0 Å². The Morgan fingerprint density at radius 3 is 2.62 bits per heavy atom. The van der Waals surface area contributed by atoms with Crippen LogP contribution in [0.1, 0.15) is 6.23 Å². The predicted molar refractivity (Wildman–Crippen MR) is 63.9 cm³/mol. The number of aromatic amines is 1. The SMILES string of the molecule is O=c1[nH]c(=S)ccn1[C@@H]1O[C@H](CO)[C@H](O)C1(O)C(F)(F)F. The Balaban J connectivity index is 2.60. The van der Waals surface area contributed by atoms with Crippen LogP contribution in [0.2, 0.25) is 0 Å². The second-order valence-electron chi connectivity index (χ2n) is 4.49. The zero-order valence-electron chi connectivity index (χ0n) is 10.2. The maximum atomic E-state index is 13.1. The Hall–Kier alpha value is -1.27. The molecule has 0 amide bonds. The van der Waals surface area contributed by atoms with Gasteiger partial charge in [0.25, 0.3) is 0 Å². The molecule has 2 heterocycles. The van der Waals surface area contributed by atoms with Crippen molar-refractivity contribution < 1.29 is 33.2 Å². The number of alkyl halides is 3. The molecule has 1 aliphatic heterocycles. The first kappa shape index (κ1) is 16.1. The summed E-state index contributed by atoms with van der Waals surface area (Å²) in [6.07, 6.45) is -10.8. The summed E-state index contributed by atoms with van der Waals surface area (Å²) in [5.74, 6) is 0. The lowest BCUT2D eigenvalue weighted by Gasteiger charge is -2.33. The molecular formula is C10H11F3N2O5S. The molecule has 4 N–H and O–H groups in total. The number of H-pyrrole nitrogens is 1. The topological polar surface area (TPSA) is 108 Å². The van der Waals surface area contributed by atoms with Gasteiger partial charge in [-0.3, -0.25) is 9.55 Å². The van der Waals surface area contributed by atoms with E-state index in [1.54, 1.807) is 0 Å². The van der Waals surface area contributed by atoms with E-state index >= 15 is 0 Å². The maximum Gasteiger partial charge on any atom is 0.424 e. The van der Waals surface area contributed by atoms with Gasteiger partial charge in [-0.1, -0.05) is 12.2 Å². The van der Waals surface area contributed by atoms with Crippen molar-refractivity contribution >= 4 is 12.2 Å². The third-order valence-electron chi connectivity index (χ3n) is 3.22. The molecule has 2 rings (SSSR count). The monoisotopic (exact) mass is 328 g/mol. The molecule has 1 fully saturated rings. The highest BCUT2D eigenvalue weighted by atomic mass is 32.1. The molecule has 0 bridgehead atoms. The van der Waals surface area contributed by atoms with E-state index in [1.165, 1.54) is 0 Å². The molecule has 1 unspecified atom stereocenters. The van der Waals surface area contributed by atoms with E-state index in [0.29, 0.717) is 4.57 Å². The Labute approximate surface area is 120 Å². The van der Waals surface area contributed by atoms with Crippen molar-refractivity contribution in [2.45, 2.75) is 30.2 Å². The van der Waals surface area contributed by atoms with Crippen molar-refractivity contribution in [3.8, 4) is 0 Å². The summed E-state index contributed by atoms with van der Waals surface area (Å²) in [6, 6.07) is 1.12. The van der Waals surface area contributed by atoms with Crippen LogP contribution in [0.3, 0.4) is 0 Å². The minimum Gasteiger partial charge on any atom is -0.394 e. The fourth-order valence-electron chi connectivity index (χ4n) is 2.11. The molecule has 1 saturated heterocycles. The normalized spacial score (nSPS) is 33.3. The summed E-state index contributed by atoms with van der Waals surface area (Å²) in [6.45, 7) is -0.965. The second kappa shape index (κ2) is 5.18. The Morgan fingerprint density at radius 2 is 2.14 bits per heavy atom. The van der Waals surface area contributed by atoms with Crippen LogP contribution < -0.4 is 5.69 Å². The zero-order valence-corrected chi connectivity index (χ0v) is 11.1. The van der Waals surface area contributed by atoms with Gasteiger partial charge in [-0.2, -0.15) is 13.2 Å². The Bertz CT molecular complexity index is 645.